The molecular formula is C16H14N2O2. The van der Waals surface area contributed by atoms with Crippen LogP contribution in [0.3, 0.4) is 0 Å². The van der Waals surface area contributed by atoms with Gasteiger partial charge in [-0.3, -0.25) is 0 Å². The molecule has 0 spiro atoms. The second-order valence-corrected chi connectivity index (χ2v) is 4.40. The minimum absolute atomic E-state index is 0.205. The first-order chi connectivity index (χ1) is 9.81. The van der Waals surface area contributed by atoms with Crippen molar-refractivity contribution in [3.05, 3.63) is 72.6 Å². The summed E-state index contributed by atoms with van der Waals surface area (Å²) in [5.41, 5.74) is 2.07. The second kappa shape index (κ2) is 5.48. The molecule has 0 aliphatic rings. The number of hydrogen-bond acceptors (Lipinski definition) is 3. The minimum Gasteiger partial charge on any atom is -0.508 e. The SMILES string of the molecule is Oc1cccc(OCc2ccc(-n3cccn3)cc2)c1. The Bertz CT molecular complexity index is 676. The van der Waals surface area contributed by atoms with Crippen molar-refractivity contribution in [3.63, 3.8) is 0 Å². The van der Waals surface area contributed by atoms with E-state index in [1.807, 2.05) is 42.6 Å². The maximum absolute atomic E-state index is 9.36. The van der Waals surface area contributed by atoms with Crippen molar-refractivity contribution in [2.24, 2.45) is 0 Å². The van der Waals surface area contributed by atoms with Gasteiger partial charge in [0.15, 0.2) is 0 Å². The molecular weight excluding hydrogens is 252 g/mol. The van der Waals surface area contributed by atoms with Crippen molar-refractivity contribution in [2.75, 3.05) is 0 Å². The van der Waals surface area contributed by atoms with Gasteiger partial charge in [0.05, 0.1) is 5.69 Å². The van der Waals surface area contributed by atoms with Crippen molar-refractivity contribution >= 4 is 0 Å². The monoisotopic (exact) mass is 266 g/mol. The third kappa shape index (κ3) is 2.80. The van der Waals surface area contributed by atoms with Crippen LogP contribution in [-0.4, -0.2) is 14.9 Å². The topological polar surface area (TPSA) is 47.3 Å². The van der Waals surface area contributed by atoms with Crippen LogP contribution in [0.5, 0.6) is 11.5 Å². The lowest BCUT2D eigenvalue weighted by molar-refractivity contribution is 0.304. The fourth-order valence-corrected chi connectivity index (χ4v) is 1.91. The van der Waals surface area contributed by atoms with Crippen molar-refractivity contribution < 1.29 is 9.84 Å². The van der Waals surface area contributed by atoms with E-state index in [1.54, 1.807) is 29.1 Å². The highest BCUT2D eigenvalue weighted by Crippen LogP contribution is 2.19. The molecule has 3 rings (SSSR count). The molecule has 2 aromatic carbocycles. The quantitative estimate of drug-likeness (QED) is 0.789. The summed E-state index contributed by atoms with van der Waals surface area (Å²) >= 11 is 0. The summed E-state index contributed by atoms with van der Waals surface area (Å²) < 4.78 is 7.43. The number of benzene rings is 2. The third-order valence-corrected chi connectivity index (χ3v) is 2.93. The molecule has 0 fully saturated rings. The Hall–Kier alpha value is -2.75. The summed E-state index contributed by atoms with van der Waals surface area (Å²) in [6, 6.07) is 16.7. The Morgan fingerprint density at radius 1 is 1.05 bits per heavy atom. The van der Waals surface area contributed by atoms with Crippen LogP contribution in [0, 0.1) is 0 Å². The molecule has 100 valence electrons. The zero-order chi connectivity index (χ0) is 13.8. The average Bonchev–Trinajstić information content (AvgIpc) is 3.00. The van der Waals surface area contributed by atoms with Crippen molar-refractivity contribution in [2.45, 2.75) is 6.61 Å². The van der Waals surface area contributed by atoms with Crippen LogP contribution in [0.25, 0.3) is 5.69 Å². The van der Waals surface area contributed by atoms with Gasteiger partial charge >= 0.3 is 0 Å². The molecule has 4 heteroatoms. The molecule has 20 heavy (non-hydrogen) atoms. The molecule has 3 aromatic rings. The molecule has 0 unspecified atom stereocenters. The Labute approximate surface area is 116 Å². The number of aromatic hydroxyl groups is 1. The van der Waals surface area contributed by atoms with Gasteiger partial charge in [0.2, 0.25) is 0 Å². The number of hydrogen-bond donors (Lipinski definition) is 1. The van der Waals surface area contributed by atoms with Crippen LogP contribution in [0.4, 0.5) is 0 Å². The summed E-state index contributed by atoms with van der Waals surface area (Å²) in [6.45, 7) is 0.461. The summed E-state index contributed by atoms with van der Waals surface area (Å²) in [6.07, 6.45) is 3.65. The van der Waals surface area contributed by atoms with Gasteiger partial charge in [-0.2, -0.15) is 5.10 Å². The van der Waals surface area contributed by atoms with E-state index in [0.29, 0.717) is 12.4 Å². The van der Waals surface area contributed by atoms with E-state index in [0.717, 1.165) is 11.3 Å². The molecule has 0 atom stereocenters. The Morgan fingerprint density at radius 3 is 2.60 bits per heavy atom. The van der Waals surface area contributed by atoms with E-state index in [-0.39, 0.29) is 5.75 Å². The number of rotatable bonds is 4. The largest absolute Gasteiger partial charge is 0.508 e. The summed E-state index contributed by atoms with van der Waals surface area (Å²) in [5, 5.41) is 13.5. The van der Waals surface area contributed by atoms with Gasteiger partial charge in [-0.15, -0.1) is 0 Å². The van der Waals surface area contributed by atoms with Crippen LogP contribution in [0.1, 0.15) is 5.56 Å². The lowest BCUT2D eigenvalue weighted by atomic mass is 10.2. The second-order valence-electron chi connectivity index (χ2n) is 4.40. The van der Waals surface area contributed by atoms with Crippen molar-refractivity contribution in [3.8, 4) is 17.2 Å². The first-order valence-corrected chi connectivity index (χ1v) is 6.32. The number of aromatic nitrogens is 2. The number of phenolic OH excluding ortho intramolecular Hbond substituents is 1. The normalized spacial score (nSPS) is 10.4. The van der Waals surface area contributed by atoms with Crippen LogP contribution in [-0.2, 0) is 6.61 Å². The van der Waals surface area contributed by atoms with E-state index in [9.17, 15) is 5.11 Å². The Morgan fingerprint density at radius 2 is 1.90 bits per heavy atom. The minimum atomic E-state index is 0.205. The maximum atomic E-state index is 9.36. The fourth-order valence-electron chi connectivity index (χ4n) is 1.91. The van der Waals surface area contributed by atoms with Crippen molar-refractivity contribution in [1.29, 1.82) is 0 Å². The summed E-state index contributed by atoms with van der Waals surface area (Å²) in [4.78, 5) is 0. The van der Waals surface area contributed by atoms with Gasteiger partial charge in [0.1, 0.15) is 18.1 Å². The highest BCUT2D eigenvalue weighted by atomic mass is 16.5. The summed E-state index contributed by atoms with van der Waals surface area (Å²) in [7, 11) is 0. The Kier molecular flexibility index (Phi) is 3.37. The predicted molar refractivity (Wildman–Crippen MR) is 76.0 cm³/mol. The summed E-state index contributed by atoms with van der Waals surface area (Å²) in [5.74, 6) is 0.859. The highest BCUT2D eigenvalue weighted by molar-refractivity contribution is 5.35. The highest BCUT2D eigenvalue weighted by Gasteiger charge is 1.99. The molecule has 0 aliphatic heterocycles. The molecule has 4 nitrogen and oxygen atoms in total. The molecule has 0 saturated heterocycles. The Balaban J connectivity index is 1.67. The lowest BCUT2D eigenvalue weighted by Crippen LogP contribution is -1.97. The number of ether oxygens (including phenoxy) is 1. The van der Waals surface area contributed by atoms with Crippen molar-refractivity contribution in [1.82, 2.24) is 9.78 Å². The molecule has 0 saturated carbocycles. The molecule has 0 bridgehead atoms. The van der Waals surface area contributed by atoms with Crippen LogP contribution in [0.15, 0.2) is 67.0 Å². The first-order valence-electron chi connectivity index (χ1n) is 6.32. The predicted octanol–water partition coefficient (Wildman–Crippen LogP) is 3.16. The standard InChI is InChI=1S/C16H14N2O2/c19-15-3-1-4-16(11-15)20-12-13-5-7-14(8-6-13)18-10-2-9-17-18/h1-11,19H,12H2. The van der Waals surface area contributed by atoms with Crippen LogP contribution < -0.4 is 4.74 Å². The van der Waals surface area contributed by atoms with Crippen LogP contribution in [0.2, 0.25) is 0 Å². The van der Waals surface area contributed by atoms with E-state index < -0.39 is 0 Å². The molecule has 1 N–H and O–H groups in total. The molecule has 1 heterocycles. The smallest absolute Gasteiger partial charge is 0.123 e. The molecule has 0 radical (unpaired) electrons. The van der Waals surface area contributed by atoms with Gasteiger partial charge < -0.3 is 9.84 Å². The molecule has 0 aliphatic carbocycles. The number of phenols is 1. The lowest BCUT2D eigenvalue weighted by Gasteiger charge is -2.07. The average molecular weight is 266 g/mol. The van der Waals surface area contributed by atoms with Gasteiger partial charge in [-0.1, -0.05) is 18.2 Å². The zero-order valence-electron chi connectivity index (χ0n) is 10.8. The maximum Gasteiger partial charge on any atom is 0.123 e. The van der Waals surface area contributed by atoms with Crippen LogP contribution >= 0.6 is 0 Å². The van der Waals surface area contributed by atoms with Gasteiger partial charge in [-0.25, -0.2) is 4.68 Å². The van der Waals surface area contributed by atoms with Gasteiger partial charge in [0, 0.05) is 18.5 Å². The van der Waals surface area contributed by atoms with E-state index >= 15 is 0 Å². The van der Waals surface area contributed by atoms with Gasteiger partial charge in [-0.05, 0) is 35.9 Å². The van der Waals surface area contributed by atoms with E-state index in [4.69, 9.17) is 4.74 Å². The first kappa shape index (κ1) is 12.3. The molecule has 0 amide bonds. The van der Waals surface area contributed by atoms with E-state index in [2.05, 4.69) is 5.10 Å². The third-order valence-electron chi connectivity index (χ3n) is 2.93. The number of nitrogens with zero attached hydrogens (tertiary/aromatic N) is 2. The van der Waals surface area contributed by atoms with Gasteiger partial charge in [0.25, 0.3) is 0 Å². The fraction of sp³-hybridized carbons (Fsp3) is 0.0625. The zero-order valence-corrected chi connectivity index (χ0v) is 10.8. The molecule has 1 aromatic heterocycles. The van der Waals surface area contributed by atoms with E-state index in [1.165, 1.54) is 0 Å².